The van der Waals surface area contributed by atoms with Gasteiger partial charge in [-0.1, -0.05) is 0 Å². The molecule has 6 heteroatoms. The maximum atomic E-state index is 11.4. The maximum absolute atomic E-state index is 11.4. The normalized spacial score (nSPS) is 12.1. The van der Waals surface area contributed by atoms with Gasteiger partial charge in [0.2, 0.25) is 0 Å². The number of aryl methyl sites for hydroxylation is 1. The lowest BCUT2D eigenvalue weighted by Gasteiger charge is -2.10. The number of carbonyl (C=O) groups excluding carboxylic acids is 1. The molecule has 1 aromatic carbocycles. The number of rotatable bonds is 6. The minimum absolute atomic E-state index is 0.0814. The fourth-order valence-electron chi connectivity index (χ4n) is 2.19. The molecule has 0 saturated carbocycles. The second-order valence-electron chi connectivity index (χ2n) is 5.05. The molecule has 1 aromatic heterocycles. The summed E-state index contributed by atoms with van der Waals surface area (Å²) in [6, 6.07) is 6.46. The Morgan fingerprint density at radius 3 is 2.68 bits per heavy atom. The van der Waals surface area contributed by atoms with E-state index in [2.05, 4.69) is 0 Å². The number of Topliss-reactive ketones (excluding diaryl/α,β-unsaturated/α-hetero) is 1. The maximum Gasteiger partial charge on any atom is 0.336 e. The molecule has 0 aliphatic carbocycles. The van der Waals surface area contributed by atoms with Gasteiger partial charge in [0.05, 0.1) is 6.61 Å². The van der Waals surface area contributed by atoms with Crippen molar-refractivity contribution in [1.82, 2.24) is 0 Å². The molecule has 0 bridgehead atoms. The highest BCUT2D eigenvalue weighted by molar-refractivity contribution is 5.96. The molecule has 0 radical (unpaired) electrons. The van der Waals surface area contributed by atoms with Crippen LogP contribution < -0.4 is 10.4 Å². The number of hydrogen-bond donors (Lipinski definition) is 1. The molecule has 0 aliphatic heterocycles. The molecule has 1 unspecified atom stereocenters. The van der Waals surface area contributed by atoms with Crippen molar-refractivity contribution < 1.29 is 23.8 Å². The van der Waals surface area contributed by atoms with E-state index in [-0.39, 0.29) is 13.0 Å². The van der Waals surface area contributed by atoms with Crippen LogP contribution in [0.25, 0.3) is 11.0 Å². The van der Waals surface area contributed by atoms with E-state index in [1.54, 1.807) is 18.2 Å². The number of carbonyl (C=O) groups is 2. The third-order valence-electron chi connectivity index (χ3n) is 3.39. The Hall–Kier alpha value is -2.63. The van der Waals surface area contributed by atoms with E-state index in [0.29, 0.717) is 11.3 Å². The Labute approximate surface area is 126 Å². The van der Waals surface area contributed by atoms with Gasteiger partial charge < -0.3 is 14.3 Å². The van der Waals surface area contributed by atoms with E-state index in [0.717, 1.165) is 10.9 Å². The quantitative estimate of drug-likeness (QED) is 0.649. The first-order valence-corrected chi connectivity index (χ1v) is 6.79. The van der Waals surface area contributed by atoms with Crippen LogP contribution >= 0.6 is 0 Å². The zero-order chi connectivity index (χ0) is 16.3. The Kier molecular flexibility index (Phi) is 4.60. The van der Waals surface area contributed by atoms with Crippen LogP contribution in [-0.4, -0.2) is 23.5 Å². The van der Waals surface area contributed by atoms with Crippen molar-refractivity contribution in [3.63, 3.8) is 0 Å². The molecule has 1 heterocycles. The van der Waals surface area contributed by atoms with Gasteiger partial charge >= 0.3 is 11.6 Å². The van der Waals surface area contributed by atoms with Crippen LogP contribution in [0.4, 0.5) is 0 Å². The van der Waals surface area contributed by atoms with Crippen LogP contribution in [0.15, 0.2) is 33.5 Å². The highest BCUT2D eigenvalue weighted by Crippen LogP contribution is 2.22. The summed E-state index contributed by atoms with van der Waals surface area (Å²) in [6.45, 7) is 3.13. The smallest absolute Gasteiger partial charge is 0.336 e. The number of hydrogen-bond acceptors (Lipinski definition) is 5. The highest BCUT2D eigenvalue weighted by Gasteiger charge is 2.22. The Morgan fingerprint density at radius 2 is 2.05 bits per heavy atom. The van der Waals surface area contributed by atoms with E-state index in [1.807, 2.05) is 6.92 Å². The molecule has 0 spiro atoms. The number of ether oxygens (including phenoxy) is 1. The van der Waals surface area contributed by atoms with Gasteiger partial charge in [-0.15, -0.1) is 0 Å². The minimum Gasteiger partial charge on any atom is -0.493 e. The lowest BCUT2D eigenvalue weighted by atomic mass is 10.0. The van der Waals surface area contributed by atoms with Crippen molar-refractivity contribution in [2.24, 2.45) is 5.92 Å². The number of carboxylic acids is 1. The van der Waals surface area contributed by atoms with Crippen LogP contribution in [0.1, 0.15) is 18.9 Å². The fraction of sp³-hybridized carbons (Fsp3) is 0.312. The molecule has 116 valence electrons. The predicted octanol–water partition coefficient (Wildman–Crippen LogP) is 2.16. The van der Waals surface area contributed by atoms with Crippen molar-refractivity contribution in [3.8, 4) is 5.75 Å². The number of benzene rings is 1. The first kappa shape index (κ1) is 15.8. The Morgan fingerprint density at radius 1 is 1.32 bits per heavy atom. The van der Waals surface area contributed by atoms with E-state index in [9.17, 15) is 14.4 Å². The van der Waals surface area contributed by atoms with Crippen molar-refractivity contribution >= 4 is 22.7 Å². The second kappa shape index (κ2) is 6.43. The molecule has 2 aromatic rings. The van der Waals surface area contributed by atoms with Gasteiger partial charge in [0, 0.05) is 23.9 Å². The van der Waals surface area contributed by atoms with Gasteiger partial charge in [-0.3, -0.25) is 9.59 Å². The molecule has 1 N–H and O–H groups in total. The van der Waals surface area contributed by atoms with E-state index >= 15 is 0 Å². The SMILES string of the molecule is CC(=O)C(CCOc1ccc2c(C)cc(=O)oc2c1)C(=O)O. The average Bonchev–Trinajstić information content (AvgIpc) is 2.42. The van der Waals surface area contributed by atoms with Gasteiger partial charge in [0.1, 0.15) is 23.0 Å². The molecule has 2 rings (SSSR count). The first-order chi connectivity index (χ1) is 10.4. The molecular weight excluding hydrogens is 288 g/mol. The topological polar surface area (TPSA) is 93.8 Å². The van der Waals surface area contributed by atoms with Crippen molar-refractivity contribution in [2.45, 2.75) is 20.3 Å². The zero-order valence-corrected chi connectivity index (χ0v) is 12.3. The van der Waals surface area contributed by atoms with Gasteiger partial charge in [-0.25, -0.2) is 4.79 Å². The summed E-state index contributed by atoms with van der Waals surface area (Å²) < 4.78 is 10.6. The van der Waals surface area contributed by atoms with Crippen LogP contribution in [0.2, 0.25) is 0 Å². The zero-order valence-electron chi connectivity index (χ0n) is 12.3. The molecule has 22 heavy (non-hydrogen) atoms. The van der Waals surface area contributed by atoms with Crippen molar-refractivity contribution in [2.75, 3.05) is 6.61 Å². The lowest BCUT2D eigenvalue weighted by molar-refractivity contribution is -0.146. The largest absolute Gasteiger partial charge is 0.493 e. The fourth-order valence-corrected chi connectivity index (χ4v) is 2.19. The van der Waals surface area contributed by atoms with Crippen LogP contribution in [-0.2, 0) is 9.59 Å². The van der Waals surface area contributed by atoms with Gasteiger partial charge in [0.15, 0.2) is 0 Å². The Bertz CT molecular complexity index is 760. The average molecular weight is 304 g/mol. The summed E-state index contributed by atoms with van der Waals surface area (Å²) in [4.78, 5) is 33.5. The van der Waals surface area contributed by atoms with E-state index in [4.69, 9.17) is 14.3 Å². The standard InChI is InChI=1S/C16H16O6/c1-9-7-15(18)22-14-8-11(3-4-12(9)14)21-6-5-13(10(2)17)16(19)20/h3-4,7-8,13H,5-6H2,1-2H3,(H,19,20). The van der Waals surface area contributed by atoms with Crippen molar-refractivity contribution in [1.29, 1.82) is 0 Å². The third-order valence-corrected chi connectivity index (χ3v) is 3.39. The van der Waals surface area contributed by atoms with Gasteiger partial charge in [-0.2, -0.15) is 0 Å². The summed E-state index contributed by atoms with van der Waals surface area (Å²) in [5.74, 6) is -2.18. The summed E-state index contributed by atoms with van der Waals surface area (Å²) in [7, 11) is 0. The molecule has 0 saturated heterocycles. The molecule has 0 amide bonds. The monoisotopic (exact) mass is 304 g/mol. The number of carboxylic acid groups (broad SMARTS) is 1. The van der Waals surface area contributed by atoms with Crippen LogP contribution in [0.3, 0.4) is 0 Å². The first-order valence-electron chi connectivity index (χ1n) is 6.79. The van der Waals surface area contributed by atoms with E-state index in [1.165, 1.54) is 13.0 Å². The molecule has 6 nitrogen and oxygen atoms in total. The van der Waals surface area contributed by atoms with Gasteiger partial charge in [-0.05, 0) is 31.5 Å². The summed E-state index contributed by atoms with van der Waals surface area (Å²) in [5, 5.41) is 9.72. The molecule has 1 atom stereocenters. The minimum atomic E-state index is -1.16. The van der Waals surface area contributed by atoms with Crippen LogP contribution in [0, 0.1) is 12.8 Å². The Balaban J connectivity index is 2.11. The summed E-state index contributed by atoms with van der Waals surface area (Å²) >= 11 is 0. The van der Waals surface area contributed by atoms with Crippen molar-refractivity contribution in [3.05, 3.63) is 40.2 Å². The summed E-state index contributed by atoms with van der Waals surface area (Å²) in [5.41, 5.74) is 0.772. The van der Waals surface area contributed by atoms with Gasteiger partial charge in [0.25, 0.3) is 0 Å². The highest BCUT2D eigenvalue weighted by atomic mass is 16.5. The second-order valence-corrected chi connectivity index (χ2v) is 5.05. The van der Waals surface area contributed by atoms with E-state index < -0.39 is 23.3 Å². The molecule has 0 fully saturated rings. The number of aliphatic carboxylic acids is 1. The molecule has 0 aliphatic rings. The number of fused-ring (bicyclic) bond motifs is 1. The summed E-state index contributed by atoms with van der Waals surface area (Å²) in [6.07, 6.45) is 0.0838. The van der Waals surface area contributed by atoms with Crippen LogP contribution in [0.5, 0.6) is 5.75 Å². The lowest BCUT2D eigenvalue weighted by Crippen LogP contribution is -2.23. The number of ketones is 1. The third kappa shape index (κ3) is 3.52. The molecular formula is C16H16O6. The predicted molar refractivity (Wildman–Crippen MR) is 79.1 cm³/mol.